The number of nitrogens with one attached hydrogen (secondary N) is 2. The Morgan fingerprint density at radius 3 is 2.69 bits per heavy atom. The maximum Gasteiger partial charge on any atom is 0.325 e. The lowest BCUT2D eigenvalue weighted by atomic mass is 10.1. The summed E-state index contributed by atoms with van der Waals surface area (Å²) in [5.41, 5.74) is 3.84. The van der Waals surface area contributed by atoms with Gasteiger partial charge in [-0.25, -0.2) is 15.2 Å². The minimum atomic E-state index is -0.955. The standard InChI is InChI=1S/C24H24Br2N6O4/c1-31-21-20(22(34)29-24(31)35)32(13-18(33)14-36-19-9-7-16(25)8-10-19)23(28-21)30-27-12-17(26)11-15-5-3-2-4-6-15/h2-12,18,20-21,33H,13-14H2,1H3,(H,28,30)(H,29,34,35)/b17-11-,27-12-. The molecule has 2 aliphatic heterocycles. The molecule has 2 aliphatic rings. The molecular weight excluding hydrogens is 596 g/mol. The molecule has 36 heavy (non-hydrogen) atoms. The summed E-state index contributed by atoms with van der Waals surface area (Å²) >= 11 is 6.82. The lowest BCUT2D eigenvalue weighted by Crippen LogP contribution is -2.64. The Hall–Kier alpha value is -3.22. The number of allylic oxidation sites excluding steroid dienone is 1. The molecule has 188 valence electrons. The monoisotopic (exact) mass is 618 g/mol. The van der Waals surface area contributed by atoms with Gasteiger partial charge < -0.3 is 19.6 Å². The second-order valence-electron chi connectivity index (χ2n) is 8.10. The van der Waals surface area contributed by atoms with E-state index in [-0.39, 0.29) is 19.1 Å². The molecule has 0 aromatic heterocycles. The van der Waals surface area contributed by atoms with Gasteiger partial charge in [0, 0.05) is 16.0 Å². The molecule has 3 atom stereocenters. The number of halogens is 2. The molecule has 2 aromatic carbocycles. The highest BCUT2D eigenvalue weighted by Gasteiger charge is 2.49. The number of fused-ring (bicyclic) bond motifs is 1. The summed E-state index contributed by atoms with van der Waals surface area (Å²) < 4.78 is 7.29. The number of aliphatic hydroxyl groups is 1. The molecule has 0 bridgehead atoms. The maximum absolute atomic E-state index is 12.7. The van der Waals surface area contributed by atoms with E-state index in [0.29, 0.717) is 10.2 Å². The molecule has 0 radical (unpaired) electrons. The van der Waals surface area contributed by atoms with Gasteiger partial charge in [-0.1, -0.05) is 46.3 Å². The Labute approximate surface area is 225 Å². The van der Waals surface area contributed by atoms with Crippen LogP contribution in [0, 0.1) is 0 Å². The minimum Gasteiger partial charge on any atom is -0.491 e. The summed E-state index contributed by atoms with van der Waals surface area (Å²) in [6.45, 7) is 0.0172. The van der Waals surface area contributed by atoms with Gasteiger partial charge in [-0.15, -0.1) is 0 Å². The van der Waals surface area contributed by atoms with Gasteiger partial charge in [-0.3, -0.25) is 10.1 Å². The van der Waals surface area contributed by atoms with Crippen molar-refractivity contribution in [2.75, 3.05) is 20.2 Å². The number of benzene rings is 2. The van der Waals surface area contributed by atoms with Crippen LogP contribution in [-0.4, -0.2) is 77.5 Å². The Bertz CT molecular complexity index is 1190. The number of imide groups is 1. The molecule has 10 nitrogen and oxygen atoms in total. The normalized spacial score (nSPS) is 20.8. The third-order valence-corrected chi connectivity index (χ3v) is 6.44. The quantitative estimate of drug-likeness (QED) is 0.309. The van der Waals surface area contributed by atoms with Crippen LogP contribution in [0.4, 0.5) is 4.79 Å². The zero-order valence-electron chi connectivity index (χ0n) is 19.2. The van der Waals surface area contributed by atoms with Gasteiger partial charge in [0.2, 0.25) is 5.96 Å². The summed E-state index contributed by atoms with van der Waals surface area (Å²) in [6, 6.07) is 15.6. The lowest BCUT2D eigenvalue weighted by molar-refractivity contribution is -0.127. The molecule has 3 N–H and O–H groups in total. The topological polar surface area (TPSA) is 119 Å². The predicted octanol–water partition coefficient (Wildman–Crippen LogP) is 2.75. The smallest absolute Gasteiger partial charge is 0.325 e. The first-order chi connectivity index (χ1) is 17.3. The number of aliphatic hydroxyl groups excluding tert-OH is 1. The molecule has 3 amide bonds. The lowest BCUT2D eigenvalue weighted by Gasteiger charge is -2.36. The summed E-state index contributed by atoms with van der Waals surface area (Å²) in [5.74, 6) is 0.350. The van der Waals surface area contributed by atoms with Crippen molar-refractivity contribution >= 4 is 62.0 Å². The van der Waals surface area contributed by atoms with Gasteiger partial charge in [-0.05, 0) is 51.8 Å². The minimum absolute atomic E-state index is 0.00613. The molecule has 4 rings (SSSR count). The second-order valence-corrected chi connectivity index (χ2v) is 9.93. The number of carbonyl (C=O) groups excluding carboxylic acids is 2. The van der Waals surface area contributed by atoms with Crippen LogP contribution in [0.2, 0.25) is 0 Å². The molecule has 2 aromatic rings. The maximum atomic E-state index is 12.7. The van der Waals surface area contributed by atoms with Crippen molar-refractivity contribution in [1.82, 2.24) is 20.5 Å². The van der Waals surface area contributed by atoms with E-state index in [9.17, 15) is 14.7 Å². The SMILES string of the molecule is CN1C(=O)NC(=O)C2C1N=C(N/N=C\C(Br)=C\c1ccccc1)N2CC(O)COc1ccc(Br)cc1. The third kappa shape index (κ3) is 6.31. The molecule has 0 saturated carbocycles. The number of aliphatic imine (C=N–C) groups is 1. The van der Waals surface area contributed by atoms with Crippen molar-refractivity contribution in [3.05, 3.63) is 69.1 Å². The second kappa shape index (κ2) is 11.7. The number of likely N-dealkylation sites (N-methyl/N-ethyl adjacent to an activating group) is 1. The van der Waals surface area contributed by atoms with Crippen molar-refractivity contribution in [3.63, 3.8) is 0 Å². The van der Waals surface area contributed by atoms with Crippen LogP contribution in [0.3, 0.4) is 0 Å². The zero-order valence-corrected chi connectivity index (χ0v) is 22.4. The van der Waals surface area contributed by atoms with Gasteiger partial charge in [0.1, 0.15) is 18.5 Å². The number of β-amino-alcohol motifs (C(OH)–C–C–N with tert-alkyl or cyclic N) is 1. The largest absolute Gasteiger partial charge is 0.491 e. The van der Waals surface area contributed by atoms with Crippen molar-refractivity contribution in [2.45, 2.75) is 18.3 Å². The molecule has 0 aliphatic carbocycles. The Balaban J connectivity index is 1.46. The van der Waals surface area contributed by atoms with E-state index in [2.05, 4.69) is 52.7 Å². The fraction of sp³-hybridized carbons (Fsp3) is 0.250. The number of guanidine groups is 1. The number of hydrazone groups is 1. The Morgan fingerprint density at radius 2 is 1.97 bits per heavy atom. The van der Waals surface area contributed by atoms with Gasteiger partial charge in [0.15, 0.2) is 12.2 Å². The Morgan fingerprint density at radius 1 is 1.25 bits per heavy atom. The van der Waals surface area contributed by atoms with Crippen molar-refractivity contribution in [3.8, 4) is 5.75 Å². The number of ether oxygens (including phenoxy) is 1. The molecule has 0 spiro atoms. The molecule has 12 heteroatoms. The average molecular weight is 620 g/mol. The Kier molecular flexibility index (Phi) is 8.39. The van der Waals surface area contributed by atoms with Gasteiger partial charge in [0.25, 0.3) is 5.91 Å². The first kappa shape index (κ1) is 25.9. The number of hydrogen-bond acceptors (Lipinski definition) is 8. The van der Waals surface area contributed by atoms with Crippen LogP contribution in [0.15, 0.2) is 73.6 Å². The molecule has 2 heterocycles. The third-order valence-electron chi connectivity index (χ3n) is 5.48. The van der Waals surface area contributed by atoms with E-state index in [1.165, 1.54) is 4.90 Å². The van der Waals surface area contributed by atoms with Crippen molar-refractivity contribution in [1.29, 1.82) is 0 Å². The predicted molar refractivity (Wildman–Crippen MR) is 144 cm³/mol. The molecule has 3 unspecified atom stereocenters. The molecular formula is C24H24Br2N6O4. The summed E-state index contributed by atoms with van der Waals surface area (Å²) in [4.78, 5) is 32.2. The first-order valence-electron chi connectivity index (χ1n) is 11.0. The van der Waals surface area contributed by atoms with Crippen molar-refractivity contribution < 1.29 is 19.4 Å². The van der Waals surface area contributed by atoms with E-state index < -0.39 is 30.2 Å². The highest BCUT2D eigenvalue weighted by atomic mass is 79.9. The number of urea groups is 1. The van der Waals surface area contributed by atoms with E-state index in [1.54, 1.807) is 30.3 Å². The average Bonchev–Trinajstić information content (AvgIpc) is 3.21. The molecule has 1 saturated heterocycles. The van der Waals surface area contributed by atoms with Crippen molar-refractivity contribution in [2.24, 2.45) is 10.1 Å². The van der Waals surface area contributed by atoms with E-state index in [4.69, 9.17) is 4.74 Å². The van der Waals surface area contributed by atoms with E-state index in [0.717, 1.165) is 10.0 Å². The molecule has 1 fully saturated rings. The number of hydrogen-bond donors (Lipinski definition) is 3. The van der Waals surface area contributed by atoms with Crippen LogP contribution >= 0.6 is 31.9 Å². The zero-order chi connectivity index (χ0) is 25.7. The fourth-order valence-corrected chi connectivity index (χ4v) is 4.35. The first-order valence-corrected chi connectivity index (χ1v) is 12.6. The number of carbonyl (C=O) groups is 2. The summed E-state index contributed by atoms with van der Waals surface area (Å²) in [6.07, 6.45) is 1.73. The van der Waals surface area contributed by atoms with Gasteiger partial charge in [0.05, 0.1) is 12.8 Å². The number of rotatable bonds is 8. The highest BCUT2D eigenvalue weighted by molar-refractivity contribution is 9.12. The van der Waals surface area contributed by atoms with Gasteiger partial charge in [-0.2, -0.15) is 5.10 Å². The summed E-state index contributed by atoms with van der Waals surface area (Å²) in [5, 5.41) is 17.2. The van der Waals surface area contributed by atoms with E-state index in [1.807, 2.05) is 48.5 Å². The fourth-order valence-electron chi connectivity index (χ4n) is 3.72. The van der Waals surface area contributed by atoms with Crippen LogP contribution in [0.25, 0.3) is 6.08 Å². The van der Waals surface area contributed by atoms with Crippen LogP contribution < -0.4 is 15.5 Å². The number of amides is 3. The van der Waals surface area contributed by atoms with E-state index >= 15 is 0 Å². The van der Waals surface area contributed by atoms with Crippen LogP contribution in [0.5, 0.6) is 5.75 Å². The van der Waals surface area contributed by atoms with Crippen LogP contribution in [0.1, 0.15) is 5.56 Å². The number of nitrogens with zero attached hydrogens (tertiary/aromatic N) is 4. The summed E-state index contributed by atoms with van der Waals surface area (Å²) in [7, 11) is 1.56. The highest BCUT2D eigenvalue weighted by Crippen LogP contribution is 2.24. The van der Waals surface area contributed by atoms with Crippen LogP contribution in [-0.2, 0) is 4.79 Å². The van der Waals surface area contributed by atoms with Gasteiger partial charge >= 0.3 is 6.03 Å².